The molecule has 1 fully saturated rings. The number of halogens is 1. The molecular weight excluding hydrogens is 352 g/mol. The highest BCUT2D eigenvalue weighted by Crippen LogP contribution is 2.26. The number of hydrogen-bond acceptors (Lipinski definition) is 2. The number of anilines is 1. The van der Waals surface area contributed by atoms with Crippen molar-refractivity contribution in [3.63, 3.8) is 0 Å². The van der Waals surface area contributed by atoms with E-state index in [4.69, 9.17) is 29.6 Å². The number of thiocarbonyl (C=S) groups is 1. The number of aliphatic imine (C=N–C) groups is 1. The maximum Gasteiger partial charge on any atom is 0.194 e. The molecule has 3 rings (SSSR count). The zero-order chi connectivity index (χ0) is 17.6. The molecular formula is C19H21ClN4S. The molecule has 0 radical (unpaired) electrons. The van der Waals surface area contributed by atoms with Gasteiger partial charge in [0.15, 0.2) is 5.11 Å². The maximum atomic E-state index is 6.01. The third-order valence-corrected chi connectivity index (χ3v) is 4.80. The molecule has 0 aromatic heterocycles. The number of nitrogens with one attached hydrogen (secondary N) is 1. The van der Waals surface area contributed by atoms with Gasteiger partial charge in [0.05, 0.1) is 0 Å². The average Bonchev–Trinajstić information content (AvgIpc) is 3.10. The predicted molar refractivity (Wildman–Crippen MR) is 110 cm³/mol. The minimum atomic E-state index is 0.382. The van der Waals surface area contributed by atoms with Crippen LogP contribution in [0.15, 0.2) is 59.6 Å². The lowest BCUT2D eigenvalue weighted by molar-refractivity contribution is 0.644. The van der Waals surface area contributed by atoms with Crippen LogP contribution in [0.2, 0.25) is 5.02 Å². The highest BCUT2D eigenvalue weighted by atomic mass is 35.5. The van der Waals surface area contributed by atoms with E-state index in [-0.39, 0.29) is 0 Å². The van der Waals surface area contributed by atoms with Gasteiger partial charge in [-0.1, -0.05) is 41.9 Å². The van der Waals surface area contributed by atoms with Crippen LogP contribution in [-0.4, -0.2) is 30.1 Å². The summed E-state index contributed by atoms with van der Waals surface area (Å²) in [6.45, 7) is 1.78. The molecule has 2 aromatic rings. The Labute approximate surface area is 158 Å². The van der Waals surface area contributed by atoms with E-state index in [0.29, 0.717) is 17.0 Å². The molecule has 3 N–H and O–H groups in total. The van der Waals surface area contributed by atoms with Gasteiger partial charge in [-0.25, -0.2) is 4.99 Å². The second kappa shape index (κ2) is 8.32. The van der Waals surface area contributed by atoms with Gasteiger partial charge in [0.25, 0.3) is 0 Å². The van der Waals surface area contributed by atoms with E-state index < -0.39 is 0 Å². The number of hydrogen-bond donors (Lipinski definition) is 2. The molecule has 0 spiro atoms. The van der Waals surface area contributed by atoms with Crippen LogP contribution in [0.4, 0.5) is 5.69 Å². The first-order chi connectivity index (χ1) is 12.1. The fourth-order valence-electron chi connectivity index (χ4n) is 3.05. The van der Waals surface area contributed by atoms with E-state index in [2.05, 4.69) is 27.3 Å². The first-order valence-electron chi connectivity index (χ1n) is 8.33. The van der Waals surface area contributed by atoms with Crippen LogP contribution >= 0.6 is 23.8 Å². The summed E-state index contributed by atoms with van der Waals surface area (Å²) >= 11 is 11.3. The number of rotatable bonds is 4. The summed E-state index contributed by atoms with van der Waals surface area (Å²) < 4.78 is 0. The molecule has 25 heavy (non-hydrogen) atoms. The Morgan fingerprint density at radius 3 is 2.64 bits per heavy atom. The van der Waals surface area contributed by atoms with Crippen molar-refractivity contribution in [2.75, 3.05) is 18.0 Å². The summed E-state index contributed by atoms with van der Waals surface area (Å²) in [4.78, 5) is 6.68. The highest BCUT2D eigenvalue weighted by Gasteiger charge is 2.24. The smallest absolute Gasteiger partial charge is 0.194 e. The molecule has 0 aliphatic carbocycles. The summed E-state index contributed by atoms with van der Waals surface area (Å²) in [5, 5.41) is 4.41. The number of benzene rings is 2. The van der Waals surface area contributed by atoms with E-state index in [1.165, 1.54) is 5.69 Å². The summed E-state index contributed by atoms with van der Waals surface area (Å²) in [6.07, 6.45) is 2.28. The normalized spacial score (nSPS) is 17.6. The van der Waals surface area contributed by atoms with Gasteiger partial charge in [-0.15, -0.1) is 0 Å². The standard InChI is InChI=1S/C19H21ClN4S/c20-15-8-10-16(11-9-15)24-12-4-7-17(24)13-22-19(25)23-18(21)14-5-2-1-3-6-14/h1-3,5-6,8-11,17H,4,7,12-13H2,(H3,21,22,23,25)/t17-/m0/s1. The zero-order valence-corrected chi connectivity index (χ0v) is 15.4. The fourth-order valence-corrected chi connectivity index (χ4v) is 3.36. The number of amidine groups is 1. The largest absolute Gasteiger partial charge is 0.383 e. The molecule has 1 saturated heterocycles. The molecule has 1 atom stereocenters. The van der Waals surface area contributed by atoms with Gasteiger partial charge in [-0.3, -0.25) is 0 Å². The first-order valence-corrected chi connectivity index (χ1v) is 9.12. The minimum absolute atomic E-state index is 0.382. The Morgan fingerprint density at radius 2 is 1.92 bits per heavy atom. The van der Waals surface area contributed by atoms with Crippen LogP contribution in [0.25, 0.3) is 0 Å². The summed E-state index contributed by atoms with van der Waals surface area (Å²) in [5.41, 5.74) is 8.07. The van der Waals surface area contributed by atoms with E-state index in [1.807, 2.05) is 42.5 Å². The first kappa shape index (κ1) is 17.7. The van der Waals surface area contributed by atoms with Crippen molar-refractivity contribution in [1.82, 2.24) is 5.32 Å². The summed E-state index contributed by atoms with van der Waals surface area (Å²) in [7, 11) is 0. The Bertz CT molecular complexity index is 746. The fraction of sp³-hybridized carbons (Fsp3) is 0.263. The lowest BCUT2D eigenvalue weighted by atomic mass is 10.2. The molecule has 6 heteroatoms. The molecule has 130 valence electrons. The third-order valence-electron chi connectivity index (χ3n) is 4.32. The van der Waals surface area contributed by atoms with Crippen molar-refractivity contribution >= 4 is 40.5 Å². The van der Waals surface area contributed by atoms with E-state index in [9.17, 15) is 0 Å². The molecule has 0 amide bonds. The Balaban J connectivity index is 1.58. The van der Waals surface area contributed by atoms with Gasteiger partial charge in [-0.2, -0.15) is 0 Å². The Hall–Kier alpha value is -2.11. The maximum absolute atomic E-state index is 6.01. The number of nitrogens with two attached hydrogens (primary N) is 1. The average molecular weight is 373 g/mol. The van der Waals surface area contributed by atoms with Crippen LogP contribution in [0.3, 0.4) is 0 Å². The van der Waals surface area contributed by atoms with Gasteiger partial charge in [0, 0.05) is 35.4 Å². The van der Waals surface area contributed by atoms with Crippen LogP contribution in [0, 0.1) is 0 Å². The van der Waals surface area contributed by atoms with Crippen molar-refractivity contribution in [3.8, 4) is 0 Å². The molecule has 0 saturated carbocycles. The van der Waals surface area contributed by atoms with Crippen molar-refractivity contribution < 1.29 is 0 Å². The van der Waals surface area contributed by atoms with Crippen molar-refractivity contribution in [1.29, 1.82) is 0 Å². The van der Waals surface area contributed by atoms with Crippen molar-refractivity contribution in [3.05, 3.63) is 65.2 Å². The molecule has 4 nitrogen and oxygen atoms in total. The van der Waals surface area contributed by atoms with Gasteiger partial charge < -0.3 is 16.0 Å². The van der Waals surface area contributed by atoms with Crippen molar-refractivity contribution in [2.24, 2.45) is 10.7 Å². The molecule has 0 unspecified atom stereocenters. The van der Waals surface area contributed by atoms with E-state index in [1.54, 1.807) is 0 Å². The minimum Gasteiger partial charge on any atom is -0.383 e. The lowest BCUT2D eigenvalue weighted by Crippen LogP contribution is -2.39. The second-order valence-corrected chi connectivity index (χ2v) is 6.84. The molecule has 1 aliphatic heterocycles. The van der Waals surface area contributed by atoms with E-state index in [0.717, 1.165) is 36.5 Å². The highest BCUT2D eigenvalue weighted by molar-refractivity contribution is 7.80. The Morgan fingerprint density at radius 1 is 1.20 bits per heavy atom. The van der Waals surface area contributed by atoms with Gasteiger partial charge in [-0.05, 0) is 49.3 Å². The molecule has 1 aliphatic rings. The zero-order valence-electron chi connectivity index (χ0n) is 13.9. The van der Waals surface area contributed by atoms with Crippen LogP contribution in [0.1, 0.15) is 18.4 Å². The predicted octanol–water partition coefficient (Wildman–Crippen LogP) is 3.59. The monoisotopic (exact) mass is 372 g/mol. The van der Waals surface area contributed by atoms with Crippen LogP contribution < -0.4 is 16.0 Å². The van der Waals surface area contributed by atoms with Crippen LogP contribution in [-0.2, 0) is 0 Å². The number of nitrogens with zero attached hydrogens (tertiary/aromatic N) is 2. The SMILES string of the molecule is N/C(=N\C(=S)NC[C@@H]1CCCN1c1ccc(Cl)cc1)c1ccccc1. The molecule has 1 heterocycles. The molecule has 2 aromatic carbocycles. The van der Waals surface area contributed by atoms with Gasteiger partial charge in [0.2, 0.25) is 0 Å². The topological polar surface area (TPSA) is 53.6 Å². The van der Waals surface area contributed by atoms with Crippen molar-refractivity contribution in [2.45, 2.75) is 18.9 Å². The quantitative estimate of drug-likeness (QED) is 0.489. The van der Waals surface area contributed by atoms with Gasteiger partial charge in [0.1, 0.15) is 5.84 Å². The van der Waals surface area contributed by atoms with Crippen LogP contribution in [0.5, 0.6) is 0 Å². The summed E-state index contributed by atoms with van der Waals surface area (Å²) in [5.74, 6) is 0.430. The Kier molecular flexibility index (Phi) is 5.89. The van der Waals surface area contributed by atoms with E-state index >= 15 is 0 Å². The van der Waals surface area contributed by atoms with Gasteiger partial charge >= 0.3 is 0 Å². The summed E-state index contributed by atoms with van der Waals surface area (Å²) in [6, 6.07) is 18.0. The third kappa shape index (κ3) is 4.71. The lowest BCUT2D eigenvalue weighted by Gasteiger charge is -2.27. The second-order valence-electron chi connectivity index (χ2n) is 6.01. The molecule has 0 bridgehead atoms.